The van der Waals surface area contributed by atoms with Gasteiger partial charge >= 0.3 is 0 Å². The van der Waals surface area contributed by atoms with E-state index in [1.807, 2.05) is 19.2 Å². The van der Waals surface area contributed by atoms with Crippen LogP contribution in [0.4, 0.5) is 4.39 Å². The molecule has 96 valence electrons. The maximum atomic E-state index is 13.5. The van der Waals surface area contributed by atoms with Crippen molar-refractivity contribution in [2.24, 2.45) is 5.92 Å². The molecule has 1 atom stereocenters. The Balaban J connectivity index is 2.56. The Morgan fingerprint density at radius 2 is 1.88 bits per heavy atom. The van der Waals surface area contributed by atoms with E-state index < -0.39 is 0 Å². The highest BCUT2D eigenvalue weighted by atomic mass is 32.2. The first-order valence-corrected chi connectivity index (χ1v) is 7.26. The van der Waals surface area contributed by atoms with E-state index in [9.17, 15) is 4.39 Å². The predicted molar refractivity (Wildman–Crippen MR) is 74.0 cm³/mol. The lowest BCUT2D eigenvalue weighted by Crippen LogP contribution is -2.35. The lowest BCUT2D eigenvalue weighted by Gasteiger charge is -2.24. The van der Waals surface area contributed by atoms with Gasteiger partial charge < -0.3 is 5.32 Å². The molecule has 0 bridgehead atoms. The molecule has 1 N–H and O–H groups in total. The summed E-state index contributed by atoms with van der Waals surface area (Å²) in [6.45, 7) is 4.43. The fourth-order valence-corrected chi connectivity index (χ4v) is 3.23. The average molecular weight is 255 g/mol. The molecule has 0 radical (unpaired) electrons. The highest BCUT2D eigenvalue weighted by Crippen LogP contribution is 2.25. The highest BCUT2D eigenvalue weighted by Gasteiger charge is 2.17. The van der Waals surface area contributed by atoms with Gasteiger partial charge in [-0.05, 0) is 25.1 Å². The van der Waals surface area contributed by atoms with Crippen LogP contribution in [0.2, 0.25) is 0 Å². The quantitative estimate of drug-likeness (QED) is 0.741. The molecule has 3 heteroatoms. The van der Waals surface area contributed by atoms with E-state index in [4.69, 9.17) is 0 Å². The van der Waals surface area contributed by atoms with E-state index in [1.165, 1.54) is 18.9 Å². The topological polar surface area (TPSA) is 12.0 Å². The van der Waals surface area contributed by atoms with Gasteiger partial charge in [-0.1, -0.05) is 38.8 Å². The number of rotatable bonds is 7. The SMILES string of the molecule is CCC(CC)C(CSc1ccccc1F)NC. The van der Waals surface area contributed by atoms with E-state index in [0.29, 0.717) is 12.0 Å². The summed E-state index contributed by atoms with van der Waals surface area (Å²) in [7, 11) is 1.99. The molecule has 0 heterocycles. The van der Waals surface area contributed by atoms with Gasteiger partial charge in [0, 0.05) is 16.7 Å². The largest absolute Gasteiger partial charge is 0.316 e. The highest BCUT2D eigenvalue weighted by molar-refractivity contribution is 7.99. The van der Waals surface area contributed by atoms with Crippen LogP contribution in [-0.4, -0.2) is 18.8 Å². The Kier molecular flexibility index (Phi) is 6.60. The summed E-state index contributed by atoms with van der Waals surface area (Å²) in [5.74, 6) is 1.47. The van der Waals surface area contributed by atoms with Crippen LogP contribution in [-0.2, 0) is 0 Å². The first-order chi connectivity index (χ1) is 8.22. The average Bonchev–Trinajstić information content (AvgIpc) is 2.36. The summed E-state index contributed by atoms with van der Waals surface area (Å²) in [6.07, 6.45) is 2.33. The smallest absolute Gasteiger partial charge is 0.136 e. The number of thioether (sulfide) groups is 1. The second-order valence-electron chi connectivity index (χ2n) is 4.21. The molecule has 0 aromatic heterocycles. The zero-order valence-corrected chi connectivity index (χ0v) is 11.7. The van der Waals surface area contributed by atoms with Crippen molar-refractivity contribution in [2.45, 2.75) is 37.6 Å². The molecule has 0 aliphatic rings. The van der Waals surface area contributed by atoms with Crippen molar-refractivity contribution in [3.63, 3.8) is 0 Å². The van der Waals surface area contributed by atoms with Crippen LogP contribution in [0.25, 0.3) is 0 Å². The Morgan fingerprint density at radius 1 is 1.24 bits per heavy atom. The van der Waals surface area contributed by atoms with Crippen LogP contribution in [0.5, 0.6) is 0 Å². The molecule has 1 aromatic carbocycles. The lowest BCUT2D eigenvalue weighted by atomic mass is 9.96. The zero-order valence-electron chi connectivity index (χ0n) is 10.9. The lowest BCUT2D eigenvalue weighted by molar-refractivity contribution is 0.378. The number of halogens is 1. The third kappa shape index (κ3) is 4.32. The fraction of sp³-hybridized carbons (Fsp3) is 0.571. The summed E-state index contributed by atoms with van der Waals surface area (Å²) >= 11 is 1.60. The van der Waals surface area contributed by atoms with Gasteiger partial charge in [-0.3, -0.25) is 0 Å². The van der Waals surface area contributed by atoms with Crippen molar-refractivity contribution in [3.8, 4) is 0 Å². The van der Waals surface area contributed by atoms with Crippen LogP contribution in [0, 0.1) is 11.7 Å². The monoisotopic (exact) mass is 255 g/mol. The Morgan fingerprint density at radius 3 is 2.41 bits per heavy atom. The summed E-state index contributed by atoms with van der Waals surface area (Å²) in [5, 5.41) is 3.35. The second kappa shape index (κ2) is 7.72. The maximum absolute atomic E-state index is 13.5. The molecule has 1 nitrogen and oxygen atoms in total. The van der Waals surface area contributed by atoms with Gasteiger partial charge in [-0.2, -0.15) is 0 Å². The van der Waals surface area contributed by atoms with Gasteiger partial charge in [-0.15, -0.1) is 11.8 Å². The predicted octanol–water partition coefficient (Wildman–Crippen LogP) is 3.94. The van der Waals surface area contributed by atoms with Gasteiger partial charge in [-0.25, -0.2) is 4.39 Å². The van der Waals surface area contributed by atoms with Crippen LogP contribution >= 0.6 is 11.8 Å². The van der Waals surface area contributed by atoms with Gasteiger partial charge in [0.05, 0.1) is 0 Å². The molecule has 0 saturated carbocycles. The van der Waals surface area contributed by atoms with Crippen molar-refractivity contribution in [3.05, 3.63) is 30.1 Å². The van der Waals surface area contributed by atoms with Crippen LogP contribution < -0.4 is 5.32 Å². The fourth-order valence-electron chi connectivity index (χ4n) is 2.05. The normalized spacial score (nSPS) is 13.0. The summed E-state index contributed by atoms with van der Waals surface area (Å²) < 4.78 is 13.5. The van der Waals surface area contributed by atoms with Crippen LogP contribution in [0.3, 0.4) is 0 Å². The van der Waals surface area contributed by atoms with Crippen molar-refractivity contribution in [2.75, 3.05) is 12.8 Å². The van der Waals surface area contributed by atoms with E-state index in [2.05, 4.69) is 19.2 Å². The van der Waals surface area contributed by atoms with Crippen molar-refractivity contribution in [1.29, 1.82) is 0 Å². The van der Waals surface area contributed by atoms with Crippen LogP contribution in [0.15, 0.2) is 29.2 Å². The van der Waals surface area contributed by atoms with Gasteiger partial charge in [0.15, 0.2) is 0 Å². The van der Waals surface area contributed by atoms with Crippen LogP contribution in [0.1, 0.15) is 26.7 Å². The van der Waals surface area contributed by atoms with E-state index in [0.717, 1.165) is 10.6 Å². The minimum absolute atomic E-state index is 0.114. The zero-order chi connectivity index (χ0) is 12.7. The summed E-state index contributed by atoms with van der Waals surface area (Å²) in [6, 6.07) is 7.44. The van der Waals surface area contributed by atoms with Gasteiger partial charge in [0.2, 0.25) is 0 Å². The first kappa shape index (κ1) is 14.5. The standard InChI is InChI=1S/C14H22FNS/c1-4-11(5-2)13(16-3)10-17-14-9-7-6-8-12(14)15/h6-9,11,13,16H,4-5,10H2,1-3H3. The number of hydrogen-bond donors (Lipinski definition) is 1. The Labute approximate surface area is 108 Å². The second-order valence-corrected chi connectivity index (χ2v) is 5.28. The molecular weight excluding hydrogens is 233 g/mol. The molecule has 1 unspecified atom stereocenters. The summed E-state index contributed by atoms with van der Waals surface area (Å²) in [4.78, 5) is 0.749. The summed E-state index contributed by atoms with van der Waals surface area (Å²) in [5.41, 5.74) is 0. The molecule has 0 saturated heterocycles. The van der Waals surface area contributed by atoms with E-state index in [1.54, 1.807) is 17.8 Å². The molecule has 0 aliphatic carbocycles. The van der Waals surface area contributed by atoms with E-state index >= 15 is 0 Å². The molecule has 1 aromatic rings. The Bertz CT molecular complexity index is 326. The minimum Gasteiger partial charge on any atom is -0.316 e. The minimum atomic E-state index is -0.114. The third-order valence-electron chi connectivity index (χ3n) is 3.24. The molecule has 17 heavy (non-hydrogen) atoms. The molecule has 0 fully saturated rings. The number of hydrogen-bond acceptors (Lipinski definition) is 2. The maximum Gasteiger partial charge on any atom is 0.136 e. The van der Waals surface area contributed by atoms with Crippen molar-refractivity contribution >= 4 is 11.8 Å². The first-order valence-electron chi connectivity index (χ1n) is 6.27. The van der Waals surface area contributed by atoms with Crippen molar-refractivity contribution in [1.82, 2.24) is 5.32 Å². The van der Waals surface area contributed by atoms with Gasteiger partial charge in [0.1, 0.15) is 5.82 Å². The molecule has 0 spiro atoms. The Hall–Kier alpha value is -0.540. The van der Waals surface area contributed by atoms with E-state index in [-0.39, 0.29) is 5.82 Å². The molecule has 0 aliphatic heterocycles. The van der Waals surface area contributed by atoms with Crippen molar-refractivity contribution < 1.29 is 4.39 Å². The van der Waals surface area contributed by atoms with Gasteiger partial charge in [0.25, 0.3) is 0 Å². The molecule has 0 amide bonds. The number of nitrogens with one attached hydrogen (secondary N) is 1. The molecule has 1 rings (SSSR count). The molecular formula is C14H22FNS. The third-order valence-corrected chi connectivity index (χ3v) is 4.41. The number of benzene rings is 1.